The summed E-state index contributed by atoms with van der Waals surface area (Å²) in [5, 5.41) is 4.39. The van der Waals surface area contributed by atoms with E-state index in [0.717, 1.165) is 23.5 Å². The Morgan fingerprint density at radius 2 is 1.86 bits per heavy atom. The highest BCUT2D eigenvalue weighted by atomic mass is 32.1. The molecule has 1 aliphatic carbocycles. The van der Waals surface area contributed by atoms with Gasteiger partial charge in [-0.15, -0.1) is 0 Å². The van der Waals surface area contributed by atoms with E-state index in [1.54, 1.807) is 23.7 Å². The number of nitrogens with zero attached hydrogens (tertiary/aromatic N) is 4. The second-order valence-electron chi connectivity index (χ2n) is 7.57. The highest BCUT2D eigenvalue weighted by Gasteiger charge is 2.37. The third-order valence-corrected chi connectivity index (χ3v) is 6.40. The van der Waals surface area contributed by atoms with E-state index in [1.807, 2.05) is 23.1 Å². The maximum Gasteiger partial charge on any atom is 0.257 e. The van der Waals surface area contributed by atoms with Crippen molar-refractivity contribution in [3.63, 3.8) is 0 Å². The maximum absolute atomic E-state index is 13.5. The monoisotopic (exact) mass is 417 g/mol. The summed E-state index contributed by atoms with van der Waals surface area (Å²) in [5.74, 6) is -1.60. The average molecular weight is 417 g/mol. The zero-order valence-corrected chi connectivity index (χ0v) is 16.5. The molecule has 2 fully saturated rings. The Labute approximate surface area is 170 Å². The van der Waals surface area contributed by atoms with Crippen LogP contribution in [0.4, 0.5) is 19.7 Å². The van der Waals surface area contributed by atoms with Crippen molar-refractivity contribution < 1.29 is 13.5 Å². The van der Waals surface area contributed by atoms with E-state index >= 15 is 0 Å². The number of anilines is 2. The third kappa shape index (κ3) is 3.96. The molecule has 5 rings (SSSR count). The summed E-state index contributed by atoms with van der Waals surface area (Å²) < 4.78 is 34.1. The Bertz CT molecular complexity index is 964. The van der Waals surface area contributed by atoms with Crippen LogP contribution in [0.3, 0.4) is 0 Å². The van der Waals surface area contributed by atoms with Crippen molar-refractivity contribution in [2.75, 3.05) is 23.3 Å². The second kappa shape index (κ2) is 7.37. The largest absolute Gasteiger partial charge is 0.472 e. The van der Waals surface area contributed by atoms with Gasteiger partial charge in [-0.1, -0.05) is 23.5 Å². The molecule has 2 aliphatic rings. The van der Waals surface area contributed by atoms with Crippen molar-refractivity contribution in [3.05, 3.63) is 36.7 Å². The number of alkyl halides is 2. The smallest absolute Gasteiger partial charge is 0.257 e. The van der Waals surface area contributed by atoms with Gasteiger partial charge in [0.25, 0.3) is 11.8 Å². The van der Waals surface area contributed by atoms with Crippen LogP contribution in [0.5, 0.6) is 5.88 Å². The Balaban J connectivity index is 1.18. The fourth-order valence-electron chi connectivity index (χ4n) is 3.71. The number of halogens is 2. The third-order valence-electron chi connectivity index (χ3n) is 5.44. The standard InChI is InChI=1S/C20H21F2N5OS/c21-20(22)5-9-27(10-6-20)17-18(24-8-7-23-17)28-14-11-13(12-14)25-19-26-15-3-1-2-4-16(15)29-19/h1-4,7-8,13-14H,5-6,9-12H2,(H,25,26)/t13-,14-. The Hall–Kier alpha value is -2.55. The van der Waals surface area contributed by atoms with Crippen LogP contribution in [0.15, 0.2) is 36.7 Å². The van der Waals surface area contributed by atoms with Crippen LogP contribution >= 0.6 is 11.3 Å². The Morgan fingerprint density at radius 1 is 1.10 bits per heavy atom. The molecule has 0 spiro atoms. The van der Waals surface area contributed by atoms with Crippen molar-refractivity contribution >= 4 is 32.5 Å². The zero-order valence-electron chi connectivity index (χ0n) is 15.7. The topological polar surface area (TPSA) is 63.2 Å². The van der Waals surface area contributed by atoms with E-state index < -0.39 is 5.92 Å². The molecule has 1 saturated heterocycles. The van der Waals surface area contributed by atoms with Gasteiger partial charge >= 0.3 is 0 Å². The first kappa shape index (κ1) is 18.5. The molecule has 152 valence electrons. The molecule has 29 heavy (non-hydrogen) atoms. The van der Waals surface area contributed by atoms with Crippen LogP contribution in [-0.4, -0.2) is 46.1 Å². The minimum atomic E-state index is -2.59. The molecule has 1 aliphatic heterocycles. The number of hydrogen-bond acceptors (Lipinski definition) is 7. The molecular formula is C20H21F2N5OS. The molecule has 6 nitrogen and oxygen atoms in total. The predicted molar refractivity (Wildman–Crippen MR) is 109 cm³/mol. The molecule has 0 radical (unpaired) electrons. The van der Waals surface area contributed by atoms with Crippen LogP contribution in [0.1, 0.15) is 25.7 Å². The SMILES string of the molecule is FC1(F)CCN(c2nccnc2O[C@H]2C[C@H](Nc3nc4ccccc4s3)C2)CC1. The molecule has 1 aromatic carbocycles. The molecule has 0 atom stereocenters. The second-order valence-corrected chi connectivity index (χ2v) is 8.60. The van der Waals surface area contributed by atoms with E-state index in [-0.39, 0.29) is 32.0 Å². The summed E-state index contributed by atoms with van der Waals surface area (Å²) >= 11 is 1.65. The number of rotatable bonds is 5. The van der Waals surface area contributed by atoms with Crippen LogP contribution < -0.4 is 15.0 Å². The van der Waals surface area contributed by atoms with E-state index in [9.17, 15) is 8.78 Å². The zero-order chi connectivity index (χ0) is 19.8. The summed E-state index contributed by atoms with van der Waals surface area (Å²) in [6.07, 6.45) is 4.53. The van der Waals surface area contributed by atoms with Gasteiger partial charge in [0.1, 0.15) is 6.10 Å². The van der Waals surface area contributed by atoms with Crippen molar-refractivity contribution in [2.24, 2.45) is 0 Å². The quantitative estimate of drug-likeness (QED) is 0.666. The Morgan fingerprint density at radius 3 is 2.66 bits per heavy atom. The van der Waals surface area contributed by atoms with Gasteiger partial charge in [0.05, 0.1) is 10.2 Å². The fourth-order valence-corrected chi connectivity index (χ4v) is 4.65. The number of piperidine rings is 1. The number of fused-ring (bicyclic) bond motifs is 1. The van der Waals surface area contributed by atoms with Crippen LogP contribution in [-0.2, 0) is 0 Å². The van der Waals surface area contributed by atoms with Gasteiger partial charge < -0.3 is 15.0 Å². The van der Waals surface area contributed by atoms with E-state index in [0.29, 0.717) is 17.7 Å². The van der Waals surface area contributed by atoms with Crippen molar-refractivity contribution in [1.82, 2.24) is 15.0 Å². The number of thiazole rings is 1. The van der Waals surface area contributed by atoms with Gasteiger partial charge in [-0.05, 0) is 12.1 Å². The van der Waals surface area contributed by atoms with Gasteiger partial charge in [0.2, 0.25) is 0 Å². The summed E-state index contributed by atoms with van der Waals surface area (Å²) in [7, 11) is 0. The number of hydrogen-bond donors (Lipinski definition) is 1. The van der Waals surface area contributed by atoms with Crippen LogP contribution in [0.25, 0.3) is 10.2 Å². The summed E-state index contributed by atoms with van der Waals surface area (Å²) in [4.78, 5) is 15.1. The molecule has 3 heterocycles. The summed E-state index contributed by atoms with van der Waals surface area (Å²) in [6, 6.07) is 8.38. The number of benzene rings is 1. The van der Waals surface area contributed by atoms with E-state index in [1.165, 1.54) is 4.70 Å². The lowest BCUT2D eigenvalue weighted by atomic mass is 9.89. The first-order valence-electron chi connectivity index (χ1n) is 9.78. The molecule has 1 N–H and O–H groups in total. The minimum absolute atomic E-state index is 0.0311. The fraction of sp³-hybridized carbons (Fsp3) is 0.450. The average Bonchev–Trinajstić information content (AvgIpc) is 3.09. The number of ether oxygens (including phenoxy) is 1. The molecule has 3 aromatic rings. The van der Waals surface area contributed by atoms with Crippen molar-refractivity contribution in [1.29, 1.82) is 0 Å². The normalized spacial score (nSPS) is 23.6. The molecule has 2 aromatic heterocycles. The lowest BCUT2D eigenvalue weighted by Gasteiger charge is -2.37. The molecular weight excluding hydrogens is 396 g/mol. The number of nitrogens with one attached hydrogen (secondary N) is 1. The molecule has 1 saturated carbocycles. The molecule has 9 heteroatoms. The summed E-state index contributed by atoms with van der Waals surface area (Å²) in [5.41, 5.74) is 1.00. The van der Waals surface area contributed by atoms with Crippen molar-refractivity contribution in [3.8, 4) is 5.88 Å². The van der Waals surface area contributed by atoms with Gasteiger partial charge in [-0.3, -0.25) is 0 Å². The van der Waals surface area contributed by atoms with E-state index in [4.69, 9.17) is 4.74 Å². The minimum Gasteiger partial charge on any atom is -0.472 e. The van der Waals surface area contributed by atoms with Crippen molar-refractivity contribution in [2.45, 2.75) is 43.8 Å². The van der Waals surface area contributed by atoms with E-state index in [2.05, 4.69) is 26.3 Å². The molecule has 0 bridgehead atoms. The molecule has 0 amide bonds. The lowest BCUT2D eigenvalue weighted by Crippen LogP contribution is -2.43. The van der Waals surface area contributed by atoms with Gasteiger partial charge in [-0.2, -0.15) is 0 Å². The molecule has 0 unspecified atom stereocenters. The van der Waals surface area contributed by atoms with Gasteiger partial charge in [-0.25, -0.2) is 23.7 Å². The first-order chi connectivity index (χ1) is 14.1. The summed E-state index contributed by atoms with van der Waals surface area (Å²) in [6.45, 7) is 0.517. The van der Waals surface area contributed by atoms with Gasteiger partial charge in [0, 0.05) is 57.2 Å². The van der Waals surface area contributed by atoms with Gasteiger partial charge in [0.15, 0.2) is 10.9 Å². The lowest BCUT2D eigenvalue weighted by molar-refractivity contribution is -0.0223. The van der Waals surface area contributed by atoms with Crippen LogP contribution in [0.2, 0.25) is 0 Å². The first-order valence-corrected chi connectivity index (χ1v) is 10.6. The Kier molecular flexibility index (Phi) is 4.69. The number of para-hydroxylation sites is 1. The highest BCUT2D eigenvalue weighted by Crippen LogP contribution is 2.36. The number of aromatic nitrogens is 3. The highest BCUT2D eigenvalue weighted by molar-refractivity contribution is 7.22. The maximum atomic E-state index is 13.5. The van der Waals surface area contributed by atoms with Crippen LogP contribution in [0, 0.1) is 0 Å². The predicted octanol–water partition coefficient (Wildman–Crippen LogP) is 4.34.